The maximum Gasteiger partial charge on any atom is 0.328 e. The molecule has 1 aromatic rings. The summed E-state index contributed by atoms with van der Waals surface area (Å²) in [6.45, 7) is 7.62. The highest BCUT2D eigenvalue weighted by Crippen LogP contribution is 2.23. The molecule has 23 heavy (non-hydrogen) atoms. The number of hydrogen-bond acceptors (Lipinski definition) is 5. The van der Waals surface area contributed by atoms with E-state index in [1.54, 1.807) is 0 Å². The molecule has 0 aromatic carbocycles. The third kappa shape index (κ3) is 6.06. The Kier molecular flexibility index (Phi) is 7.29. The molecule has 1 heterocycles. The summed E-state index contributed by atoms with van der Waals surface area (Å²) in [5, 5.41) is 2.89. The largest absolute Gasteiger partial charge is 0.474 e. The highest BCUT2D eigenvalue weighted by Gasteiger charge is 2.23. The van der Waals surface area contributed by atoms with E-state index in [2.05, 4.69) is 10.3 Å². The Labute approximate surface area is 141 Å². The Hall–Kier alpha value is -1.82. The zero-order valence-electron chi connectivity index (χ0n) is 14.1. The summed E-state index contributed by atoms with van der Waals surface area (Å²) in [4.78, 5) is 28.1. The summed E-state index contributed by atoms with van der Waals surface area (Å²) in [5.41, 5.74) is 0.253. The molecular formula is C16H23ClN2O4. The maximum absolute atomic E-state index is 12.3. The normalized spacial score (nSPS) is 12.2. The van der Waals surface area contributed by atoms with E-state index in [-0.39, 0.29) is 28.5 Å². The number of esters is 1. The molecule has 0 saturated carbocycles. The Balaban J connectivity index is 2.87. The van der Waals surface area contributed by atoms with Crippen molar-refractivity contribution in [2.24, 2.45) is 5.92 Å². The van der Waals surface area contributed by atoms with Gasteiger partial charge in [-0.15, -0.1) is 0 Å². The lowest BCUT2D eigenvalue weighted by atomic mass is 10.0. The minimum Gasteiger partial charge on any atom is -0.474 e. The second-order valence-electron chi connectivity index (χ2n) is 5.86. The lowest BCUT2D eigenvalue weighted by molar-refractivity contribution is -0.143. The number of methoxy groups -OCH3 is 1. The molecule has 6 nitrogen and oxygen atoms in total. The number of rotatable bonds is 7. The summed E-state index contributed by atoms with van der Waals surface area (Å²) >= 11 is 6.07. The third-order valence-electron chi connectivity index (χ3n) is 2.92. The van der Waals surface area contributed by atoms with Crippen LogP contribution in [0.15, 0.2) is 12.3 Å². The number of carbonyl (C=O) groups is 2. The SMILES string of the molecule is COC(=O)C(CC(C)C)NC(=O)c1cnc(OC(C)C)c(Cl)c1. The number of pyridine rings is 1. The molecule has 0 aliphatic carbocycles. The molecule has 7 heteroatoms. The number of nitrogens with one attached hydrogen (secondary N) is 1. The molecule has 1 rings (SSSR count). The van der Waals surface area contributed by atoms with E-state index in [0.29, 0.717) is 6.42 Å². The maximum atomic E-state index is 12.3. The molecule has 0 aliphatic heterocycles. The van der Waals surface area contributed by atoms with Crippen molar-refractivity contribution >= 4 is 23.5 Å². The first kappa shape index (κ1) is 19.2. The fourth-order valence-corrected chi connectivity index (χ4v) is 2.14. The van der Waals surface area contributed by atoms with Crippen LogP contribution in [-0.4, -0.2) is 36.1 Å². The third-order valence-corrected chi connectivity index (χ3v) is 3.19. The van der Waals surface area contributed by atoms with Gasteiger partial charge in [0.15, 0.2) is 0 Å². The van der Waals surface area contributed by atoms with Crippen LogP contribution < -0.4 is 10.1 Å². The van der Waals surface area contributed by atoms with Crippen LogP contribution in [0.1, 0.15) is 44.5 Å². The average Bonchev–Trinajstić information content (AvgIpc) is 2.46. The Morgan fingerprint density at radius 1 is 1.30 bits per heavy atom. The van der Waals surface area contributed by atoms with Crippen molar-refractivity contribution in [1.29, 1.82) is 0 Å². The van der Waals surface area contributed by atoms with E-state index in [1.165, 1.54) is 19.4 Å². The van der Waals surface area contributed by atoms with Crippen molar-refractivity contribution in [2.75, 3.05) is 7.11 Å². The quantitative estimate of drug-likeness (QED) is 0.771. The van der Waals surface area contributed by atoms with Crippen LogP contribution in [0.2, 0.25) is 5.02 Å². The van der Waals surface area contributed by atoms with Crippen LogP contribution in [-0.2, 0) is 9.53 Å². The monoisotopic (exact) mass is 342 g/mol. The lowest BCUT2D eigenvalue weighted by Gasteiger charge is -2.18. The molecule has 1 unspecified atom stereocenters. The smallest absolute Gasteiger partial charge is 0.328 e. The van der Waals surface area contributed by atoms with Gasteiger partial charge in [-0.2, -0.15) is 0 Å². The molecule has 0 radical (unpaired) electrons. The highest BCUT2D eigenvalue weighted by molar-refractivity contribution is 6.32. The van der Waals surface area contributed by atoms with Crippen molar-refractivity contribution in [2.45, 2.75) is 46.3 Å². The van der Waals surface area contributed by atoms with Crippen LogP contribution >= 0.6 is 11.6 Å². The molecular weight excluding hydrogens is 320 g/mol. The van der Waals surface area contributed by atoms with Crippen molar-refractivity contribution < 1.29 is 19.1 Å². The van der Waals surface area contributed by atoms with Gasteiger partial charge in [-0.25, -0.2) is 9.78 Å². The van der Waals surface area contributed by atoms with E-state index < -0.39 is 17.9 Å². The van der Waals surface area contributed by atoms with Crippen LogP contribution in [0.5, 0.6) is 5.88 Å². The topological polar surface area (TPSA) is 77.5 Å². The van der Waals surface area contributed by atoms with Gasteiger partial charge >= 0.3 is 5.97 Å². The molecule has 0 saturated heterocycles. The summed E-state index contributed by atoms with van der Waals surface area (Å²) in [6.07, 6.45) is 1.77. The summed E-state index contributed by atoms with van der Waals surface area (Å²) in [6, 6.07) is 0.753. The van der Waals surface area contributed by atoms with E-state index in [4.69, 9.17) is 21.1 Å². The van der Waals surface area contributed by atoms with Gasteiger partial charge in [-0.1, -0.05) is 25.4 Å². The molecule has 0 fully saturated rings. The van der Waals surface area contributed by atoms with Crippen LogP contribution in [0.3, 0.4) is 0 Å². The Bertz CT molecular complexity index is 561. The number of hydrogen-bond donors (Lipinski definition) is 1. The summed E-state index contributed by atoms with van der Waals surface area (Å²) in [5.74, 6) is -0.426. The first-order chi connectivity index (χ1) is 10.7. The zero-order valence-corrected chi connectivity index (χ0v) is 14.8. The molecule has 0 bridgehead atoms. The highest BCUT2D eigenvalue weighted by atomic mass is 35.5. The van der Waals surface area contributed by atoms with Crippen molar-refractivity contribution in [1.82, 2.24) is 10.3 Å². The average molecular weight is 343 g/mol. The number of ether oxygens (including phenoxy) is 2. The molecule has 0 spiro atoms. The molecule has 1 aromatic heterocycles. The van der Waals surface area contributed by atoms with Gasteiger partial charge in [0, 0.05) is 6.20 Å². The lowest BCUT2D eigenvalue weighted by Crippen LogP contribution is -2.42. The Morgan fingerprint density at radius 3 is 2.43 bits per heavy atom. The number of amides is 1. The molecule has 1 N–H and O–H groups in total. The van der Waals surface area contributed by atoms with Gasteiger partial charge in [0.1, 0.15) is 11.1 Å². The van der Waals surface area contributed by atoms with Gasteiger partial charge in [0.2, 0.25) is 5.88 Å². The van der Waals surface area contributed by atoms with Gasteiger partial charge in [0.25, 0.3) is 5.91 Å². The predicted molar refractivity (Wildman–Crippen MR) is 87.7 cm³/mol. The van der Waals surface area contributed by atoms with Gasteiger partial charge < -0.3 is 14.8 Å². The summed E-state index contributed by atoms with van der Waals surface area (Å²) in [7, 11) is 1.29. The van der Waals surface area contributed by atoms with Crippen LogP contribution in [0.25, 0.3) is 0 Å². The second kappa shape index (κ2) is 8.72. The number of aromatic nitrogens is 1. The van der Waals surface area contributed by atoms with E-state index in [1.807, 2.05) is 27.7 Å². The van der Waals surface area contributed by atoms with E-state index in [0.717, 1.165) is 0 Å². The van der Waals surface area contributed by atoms with Gasteiger partial charge in [-0.05, 0) is 32.3 Å². The van der Waals surface area contributed by atoms with E-state index >= 15 is 0 Å². The number of halogens is 1. The van der Waals surface area contributed by atoms with Crippen molar-refractivity contribution in [3.8, 4) is 5.88 Å². The van der Waals surface area contributed by atoms with E-state index in [9.17, 15) is 9.59 Å². The minimum atomic E-state index is -0.710. The van der Waals surface area contributed by atoms with Crippen molar-refractivity contribution in [3.05, 3.63) is 22.8 Å². The van der Waals surface area contributed by atoms with Crippen molar-refractivity contribution in [3.63, 3.8) is 0 Å². The molecule has 1 amide bonds. The first-order valence-corrected chi connectivity index (χ1v) is 7.83. The van der Waals surface area contributed by atoms with Gasteiger partial charge in [-0.3, -0.25) is 4.79 Å². The minimum absolute atomic E-state index is 0.0746. The standard InChI is InChI=1S/C16H23ClN2O4/c1-9(2)6-13(16(21)22-5)19-14(20)11-7-12(17)15(18-8-11)23-10(3)4/h7-10,13H,6H2,1-5H3,(H,19,20). The summed E-state index contributed by atoms with van der Waals surface area (Å²) < 4.78 is 10.1. The zero-order chi connectivity index (χ0) is 17.6. The number of carbonyl (C=O) groups excluding carboxylic acids is 2. The second-order valence-corrected chi connectivity index (χ2v) is 6.26. The Morgan fingerprint density at radius 2 is 1.96 bits per heavy atom. The fraction of sp³-hybridized carbons (Fsp3) is 0.562. The predicted octanol–water partition coefficient (Wildman–Crippen LogP) is 2.84. The molecule has 0 aliphatic rings. The molecule has 128 valence electrons. The molecule has 1 atom stereocenters. The first-order valence-electron chi connectivity index (χ1n) is 7.45. The number of nitrogens with zero attached hydrogens (tertiary/aromatic N) is 1. The van der Waals surface area contributed by atoms with Crippen LogP contribution in [0.4, 0.5) is 0 Å². The fourth-order valence-electron chi connectivity index (χ4n) is 1.93. The van der Waals surface area contributed by atoms with Crippen LogP contribution in [0, 0.1) is 5.92 Å². The van der Waals surface area contributed by atoms with Gasteiger partial charge in [0.05, 0.1) is 18.8 Å².